The molecule has 1 amide bonds. The summed E-state index contributed by atoms with van der Waals surface area (Å²) in [6.45, 7) is 6.55. The van der Waals surface area contributed by atoms with Gasteiger partial charge in [0.05, 0.1) is 11.4 Å². The van der Waals surface area contributed by atoms with Crippen molar-refractivity contribution in [2.75, 3.05) is 18.9 Å². The van der Waals surface area contributed by atoms with Crippen LogP contribution in [0.4, 0.5) is 5.69 Å². The van der Waals surface area contributed by atoms with Crippen molar-refractivity contribution in [1.82, 2.24) is 9.87 Å². The van der Waals surface area contributed by atoms with Gasteiger partial charge in [0.1, 0.15) is 24.0 Å². The zero-order valence-corrected chi connectivity index (χ0v) is 21.0. The number of methoxy groups -OCH3 is 1. The molecule has 0 spiro atoms. The van der Waals surface area contributed by atoms with E-state index in [0.29, 0.717) is 17.0 Å². The molecular weight excluding hydrogens is 473 g/mol. The first kappa shape index (κ1) is 27.7. The first-order valence-corrected chi connectivity index (χ1v) is 12.5. The maximum atomic E-state index is 14.0. The number of ether oxygens (including phenoxy) is 1. The summed E-state index contributed by atoms with van der Waals surface area (Å²) in [6, 6.07) is 9.98. The summed E-state index contributed by atoms with van der Waals surface area (Å²) in [6.07, 6.45) is -0.419. The second kappa shape index (κ2) is 11.2. The minimum atomic E-state index is -3.95. The van der Waals surface area contributed by atoms with Crippen LogP contribution in [0.15, 0.2) is 34.5 Å². The normalized spacial score (nSPS) is 19.0. The third kappa shape index (κ3) is 6.11. The Morgan fingerprint density at radius 1 is 1.37 bits per heavy atom. The molecule has 3 atom stereocenters. The Labute approximate surface area is 203 Å². The van der Waals surface area contributed by atoms with E-state index < -0.39 is 37.1 Å². The van der Waals surface area contributed by atoms with Gasteiger partial charge in [0.2, 0.25) is 11.6 Å². The van der Waals surface area contributed by atoms with Crippen LogP contribution in [0.3, 0.4) is 0 Å². The first-order chi connectivity index (χ1) is 16.4. The lowest BCUT2D eigenvalue weighted by molar-refractivity contribution is -0.145. The molecule has 0 saturated heterocycles. The number of anilines is 1. The maximum Gasteiger partial charge on any atom is 0.324 e. The topological polar surface area (TPSA) is 180 Å². The molecule has 12 nitrogen and oxygen atoms in total. The fourth-order valence-corrected chi connectivity index (χ4v) is 5.68. The highest BCUT2D eigenvalue weighted by Crippen LogP contribution is 2.50. The SMILES string of the molecule is COCP(=O)(NC(C)(C(=O)O)C(C)C)N1N=C(c2ccc(NN=C(C#N)C#N)cc2)[C@H](C)CC1=O. The Morgan fingerprint density at radius 2 is 1.97 bits per heavy atom. The van der Waals surface area contributed by atoms with Gasteiger partial charge in [-0.05, 0) is 30.5 Å². The third-order valence-electron chi connectivity index (χ3n) is 5.68. The summed E-state index contributed by atoms with van der Waals surface area (Å²) in [4.78, 5) is 24.9. The van der Waals surface area contributed by atoms with Crippen molar-refractivity contribution in [3.05, 3.63) is 29.8 Å². The van der Waals surface area contributed by atoms with E-state index in [1.807, 2.05) is 0 Å². The molecule has 35 heavy (non-hydrogen) atoms. The number of nitrogens with one attached hydrogen (secondary N) is 2. The molecule has 0 bridgehead atoms. The Balaban J connectivity index is 2.46. The average Bonchev–Trinajstić information content (AvgIpc) is 2.80. The van der Waals surface area contributed by atoms with Gasteiger partial charge in [0.15, 0.2) is 0 Å². The molecule has 3 N–H and O–H groups in total. The van der Waals surface area contributed by atoms with E-state index in [9.17, 15) is 19.3 Å². The van der Waals surface area contributed by atoms with Crippen molar-refractivity contribution in [1.29, 1.82) is 10.5 Å². The van der Waals surface area contributed by atoms with Crippen molar-refractivity contribution in [2.24, 2.45) is 22.0 Å². The van der Waals surface area contributed by atoms with Gasteiger partial charge < -0.3 is 9.84 Å². The molecule has 1 aliphatic rings. The number of nitrogens with zero attached hydrogens (tertiary/aromatic N) is 5. The fraction of sp³-hybridized carbons (Fsp3) is 0.455. The van der Waals surface area contributed by atoms with Crippen LogP contribution in [0.1, 0.15) is 39.7 Å². The molecule has 1 aromatic carbocycles. The third-order valence-corrected chi connectivity index (χ3v) is 8.03. The Kier molecular flexibility index (Phi) is 8.88. The number of aliphatic carboxylic acids is 1. The summed E-state index contributed by atoms with van der Waals surface area (Å²) >= 11 is 0. The molecule has 1 aliphatic heterocycles. The highest BCUT2D eigenvalue weighted by atomic mass is 31.2. The number of carboxylic acid groups (broad SMARTS) is 1. The van der Waals surface area contributed by atoms with Crippen LogP contribution in [-0.4, -0.2) is 52.2 Å². The van der Waals surface area contributed by atoms with Crippen molar-refractivity contribution in [3.8, 4) is 12.1 Å². The summed E-state index contributed by atoms with van der Waals surface area (Å²) in [7, 11) is -2.64. The monoisotopic (exact) mass is 501 g/mol. The van der Waals surface area contributed by atoms with Gasteiger partial charge >= 0.3 is 5.97 Å². The van der Waals surface area contributed by atoms with Gasteiger partial charge in [-0.15, -0.1) is 0 Å². The molecule has 0 aliphatic carbocycles. The van der Waals surface area contributed by atoms with Crippen LogP contribution < -0.4 is 10.5 Å². The standard InChI is InChI=1S/C22H28N7O5P/c1-14(2)22(4,21(31)32)28-35(33,13-34-5)29-19(30)10-15(3)20(27-29)16-6-8-17(9-7-16)25-26-18(11-23)12-24/h6-9,14-15,25H,10,13H2,1-5H3,(H,28,33)(H,31,32)/t15-,22?,35?/m1/s1. The van der Waals surface area contributed by atoms with Crippen LogP contribution >= 0.6 is 7.44 Å². The van der Waals surface area contributed by atoms with E-state index in [1.54, 1.807) is 57.2 Å². The van der Waals surface area contributed by atoms with Gasteiger partial charge in [-0.25, -0.2) is 5.09 Å². The predicted octanol–water partition coefficient (Wildman–Crippen LogP) is 2.96. The number of carbonyl (C=O) groups is 2. The number of amides is 1. The summed E-state index contributed by atoms with van der Waals surface area (Å²) in [5.74, 6) is -2.49. The van der Waals surface area contributed by atoms with Crippen molar-refractivity contribution >= 4 is 36.4 Å². The first-order valence-electron chi connectivity index (χ1n) is 10.7. The molecule has 186 valence electrons. The zero-order valence-electron chi connectivity index (χ0n) is 20.1. The number of benzene rings is 1. The number of hydrazone groups is 2. The van der Waals surface area contributed by atoms with Crippen molar-refractivity contribution in [3.63, 3.8) is 0 Å². The minimum absolute atomic E-state index is 0.0116. The van der Waals surface area contributed by atoms with E-state index in [1.165, 1.54) is 14.0 Å². The number of hydrogen-bond donors (Lipinski definition) is 3. The second-order valence-electron chi connectivity index (χ2n) is 8.54. The van der Waals surface area contributed by atoms with Crippen molar-refractivity contribution in [2.45, 2.75) is 39.7 Å². The van der Waals surface area contributed by atoms with Crippen LogP contribution in [0.5, 0.6) is 0 Å². The molecule has 0 fully saturated rings. The molecule has 13 heteroatoms. The van der Waals surface area contributed by atoms with Gasteiger partial charge in [0, 0.05) is 19.4 Å². The summed E-state index contributed by atoms with van der Waals surface area (Å²) < 4.78 is 19.9. The Morgan fingerprint density at radius 3 is 2.46 bits per heavy atom. The summed E-state index contributed by atoms with van der Waals surface area (Å²) in [5, 5.41) is 38.1. The van der Waals surface area contributed by atoms with Gasteiger partial charge in [0.25, 0.3) is 7.44 Å². The smallest absolute Gasteiger partial charge is 0.324 e. The molecule has 2 rings (SSSR count). The highest BCUT2D eigenvalue weighted by molar-refractivity contribution is 7.60. The Bertz CT molecular complexity index is 1150. The van der Waals surface area contributed by atoms with Crippen LogP contribution in [0.2, 0.25) is 0 Å². The van der Waals surface area contributed by atoms with Gasteiger partial charge in [-0.3, -0.25) is 19.6 Å². The van der Waals surface area contributed by atoms with Crippen LogP contribution in [0.25, 0.3) is 0 Å². The molecule has 0 radical (unpaired) electrons. The van der Waals surface area contributed by atoms with E-state index >= 15 is 0 Å². The molecule has 0 saturated carbocycles. The Hall–Kier alpha value is -3.57. The summed E-state index contributed by atoms with van der Waals surface area (Å²) in [5.41, 5.74) is 2.30. The van der Waals surface area contributed by atoms with Gasteiger partial charge in [-0.1, -0.05) is 32.9 Å². The highest BCUT2D eigenvalue weighted by Gasteiger charge is 2.48. The predicted molar refractivity (Wildman–Crippen MR) is 129 cm³/mol. The lowest BCUT2D eigenvalue weighted by atomic mass is 9.90. The quantitative estimate of drug-likeness (QED) is 0.247. The minimum Gasteiger partial charge on any atom is -0.480 e. The number of carbonyl (C=O) groups excluding carboxylic acids is 1. The second-order valence-corrected chi connectivity index (χ2v) is 10.8. The lowest BCUT2D eigenvalue weighted by Gasteiger charge is -2.39. The van der Waals surface area contributed by atoms with Crippen LogP contribution in [0, 0.1) is 34.5 Å². The molecule has 0 aromatic heterocycles. The van der Waals surface area contributed by atoms with E-state index in [0.717, 1.165) is 4.78 Å². The average molecular weight is 501 g/mol. The molecular formula is C22H28N7O5P. The van der Waals surface area contributed by atoms with E-state index in [4.69, 9.17) is 15.3 Å². The number of nitriles is 2. The lowest BCUT2D eigenvalue weighted by Crippen LogP contribution is -2.54. The maximum absolute atomic E-state index is 14.0. The number of rotatable bonds is 10. The number of carboxylic acids is 1. The van der Waals surface area contributed by atoms with E-state index in [-0.39, 0.29) is 18.1 Å². The van der Waals surface area contributed by atoms with Crippen LogP contribution in [-0.2, 0) is 18.9 Å². The molecule has 1 heterocycles. The zero-order chi connectivity index (χ0) is 26.4. The van der Waals surface area contributed by atoms with Crippen molar-refractivity contribution < 1.29 is 24.0 Å². The van der Waals surface area contributed by atoms with E-state index in [2.05, 4.69) is 20.7 Å². The molecule has 1 aromatic rings. The number of hydrogen-bond acceptors (Lipinski definition) is 9. The largest absolute Gasteiger partial charge is 0.480 e. The molecule has 2 unspecified atom stereocenters. The fourth-order valence-electron chi connectivity index (χ4n) is 3.30. The van der Waals surface area contributed by atoms with Gasteiger partial charge in [-0.2, -0.15) is 25.5 Å².